The summed E-state index contributed by atoms with van der Waals surface area (Å²) in [6.07, 6.45) is 3.56. The van der Waals surface area contributed by atoms with Crippen LogP contribution in [0.4, 0.5) is 0 Å². The van der Waals surface area contributed by atoms with Crippen molar-refractivity contribution < 1.29 is 0 Å². The van der Waals surface area contributed by atoms with Gasteiger partial charge in [0.15, 0.2) is 0 Å². The van der Waals surface area contributed by atoms with E-state index in [2.05, 4.69) is 0 Å². The van der Waals surface area contributed by atoms with E-state index in [4.69, 9.17) is 0 Å². The lowest BCUT2D eigenvalue weighted by molar-refractivity contribution is 0.920. The molecular weight excluding hydrogens is 152 g/mol. The highest BCUT2D eigenvalue weighted by Crippen LogP contribution is 2.26. The lowest BCUT2D eigenvalue weighted by Gasteiger charge is -1.76. The summed E-state index contributed by atoms with van der Waals surface area (Å²) in [5, 5.41) is 0. The molecule has 0 fully saturated rings. The van der Waals surface area contributed by atoms with Crippen molar-refractivity contribution in [3.05, 3.63) is 18.6 Å². The molecular formula is C6H6OS2. The predicted octanol–water partition coefficient (Wildman–Crippen LogP) is 1.66. The highest BCUT2D eigenvalue weighted by atomic mass is 32.2. The summed E-state index contributed by atoms with van der Waals surface area (Å²) in [5.74, 6) is 0. The first-order chi connectivity index (χ1) is 4.36. The highest BCUT2D eigenvalue weighted by molar-refractivity contribution is 7.27. The van der Waals surface area contributed by atoms with E-state index in [0.717, 1.165) is 12.8 Å². The minimum Gasteiger partial charge on any atom is -0.265 e. The first-order valence-corrected chi connectivity index (χ1v) is 4.61. The van der Waals surface area contributed by atoms with Gasteiger partial charge in [-0.3, -0.25) is 4.79 Å². The van der Waals surface area contributed by atoms with Crippen LogP contribution in [0.15, 0.2) is 4.79 Å². The van der Waals surface area contributed by atoms with Crippen LogP contribution in [0.5, 0.6) is 0 Å². The Labute approximate surface area is 61.0 Å². The second-order valence-corrected chi connectivity index (χ2v) is 4.55. The van der Waals surface area contributed by atoms with Gasteiger partial charge in [0.25, 0.3) is 4.06 Å². The molecule has 0 aromatic carbocycles. The summed E-state index contributed by atoms with van der Waals surface area (Å²) in [5.41, 5.74) is 0. The molecule has 1 aromatic rings. The van der Waals surface area contributed by atoms with Crippen molar-refractivity contribution in [1.82, 2.24) is 0 Å². The van der Waals surface area contributed by atoms with Crippen LogP contribution in [-0.4, -0.2) is 0 Å². The third kappa shape index (κ3) is 0.843. The fraction of sp³-hybridized carbons (Fsp3) is 0.500. The average Bonchev–Trinajstić information content (AvgIpc) is 2.22. The molecule has 0 aliphatic heterocycles. The molecule has 9 heavy (non-hydrogen) atoms. The van der Waals surface area contributed by atoms with Crippen LogP contribution in [0.2, 0.25) is 0 Å². The second-order valence-electron chi connectivity index (χ2n) is 2.15. The average molecular weight is 158 g/mol. The topological polar surface area (TPSA) is 17.1 Å². The van der Waals surface area contributed by atoms with Crippen LogP contribution in [-0.2, 0) is 12.8 Å². The van der Waals surface area contributed by atoms with Crippen LogP contribution in [0, 0.1) is 0 Å². The second kappa shape index (κ2) is 1.92. The Hall–Kier alpha value is -0.150. The zero-order valence-corrected chi connectivity index (χ0v) is 6.48. The standard InChI is InChI=1S/C6H6OS2/c7-6-8-4-2-1-3-5(4)9-6/h1-3H2. The van der Waals surface area contributed by atoms with Crippen molar-refractivity contribution >= 4 is 22.7 Å². The number of hydrogen-bond donors (Lipinski definition) is 0. The van der Waals surface area contributed by atoms with E-state index >= 15 is 0 Å². The van der Waals surface area contributed by atoms with Crippen LogP contribution < -0.4 is 4.06 Å². The lowest BCUT2D eigenvalue weighted by Crippen LogP contribution is -1.78. The first kappa shape index (κ1) is 5.62. The molecule has 0 bridgehead atoms. The van der Waals surface area contributed by atoms with Gasteiger partial charge < -0.3 is 0 Å². The normalized spacial score (nSPS) is 16.0. The van der Waals surface area contributed by atoms with Gasteiger partial charge in [0.1, 0.15) is 0 Å². The molecule has 1 aromatic heterocycles. The maximum Gasteiger partial charge on any atom is 0.287 e. The van der Waals surface area contributed by atoms with Crippen LogP contribution >= 0.6 is 22.7 Å². The zero-order chi connectivity index (χ0) is 6.27. The van der Waals surface area contributed by atoms with Gasteiger partial charge in [-0.15, -0.1) is 0 Å². The van der Waals surface area contributed by atoms with E-state index < -0.39 is 0 Å². The molecule has 0 unspecified atom stereocenters. The third-order valence-electron chi connectivity index (χ3n) is 1.53. The van der Waals surface area contributed by atoms with Crippen molar-refractivity contribution in [2.45, 2.75) is 19.3 Å². The van der Waals surface area contributed by atoms with Gasteiger partial charge in [0.05, 0.1) is 0 Å². The molecule has 1 nitrogen and oxygen atoms in total. The van der Waals surface area contributed by atoms with Crippen molar-refractivity contribution in [1.29, 1.82) is 0 Å². The zero-order valence-electron chi connectivity index (χ0n) is 4.85. The molecule has 0 amide bonds. The van der Waals surface area contributed by atoms with E-state index in [-0.39, 0.29) is 4.06 Å². The lowest BCUT2D eigenvalue weighted by atomic mass is 10.4. The van der Waals surface area contributed by atoms with Gasteiger partial charge in [0.2, 0.25) is 0 Å². The minimum absolute atomic E-state index is 0.278. The molecule has 1 heterocycles. The summed E-state index contributed by atoms with van der Waals surface area (Å²) < 4.78 is 0.278. The molecule has 2 rings (SSSR count). The summed E-state index contributed by atoms with van der Waals surface area (Å²) in [4.78, 5) is 13.4. The Morgan fingerprint density at radius 1 is 1.11 bits per heavy atom. The molecule has 3 heteroatoms. The minimum atomic E-state index is 0.278. The molecule has 0 radical (unpaired) electrons. The molecule has 0 N–H and O–H groups in total. The van der Waals surface area contributed by atoms with Gasteiger partial charge in [-0.1, -0.05) is 22.7 Å². The van der Waals surface area contributed by atoms with Gasteiger partial charge >= 0.3 is 0 Å². The van der Waals surface area contributed by atoms with Crippen molar-refractivity contribution in [2.24, 2.45) is 0 Å². The molecule has 0 saturated heterocycles. The Morgan fingerprint density at radius 3 is 2.22 bits per heavy atom. The van der Waals surface area contributed by atoms with Gasteiger partial charge in [-0.2, -0.15) is 0 Å². The van der Waals surface area contributed by atoms with E-state index in [1.807, 2.05) is 0 Å². The van der Waals surface area contributed by atoms with Crippen molar-refractivity contribution in [3.8, 4) is 0 Å². The van der Waals surface area contributed by atoms with E-state index in [1.54, 1.807) is 0 Å². The maximum atomic E-state index is 10.7. The van der Waals surface area contributed by atoms with Gasteiger partial charge in [0, 0.05) is 9.75 Å². The van der Waals surface area contributed by atoms with Crippen molar-refractivity contribution in [3.63, 3.8) is 0 Å². The van der Waals surface area contributed by atoms with Crippen LogP contribution in [0.3, 0.4) is 0 Å². The van der Waals surface area contributed by atoms with Crippen LogP contribution in [0.1, 0.15) is 16.2 Å². The maximum absolute atomic E-state index is 10.7. The number of fused-ring (bicyclic) bond motifs is 1. The SMILES string of the molecule is O=c1sc2c(s1)CCC2. The van der Waals surface area contributed by atoms with Crippen molar-refractivity contribution in [2.75, 3.05) is 0 Å². The predicted molar refractivity (Wildman–Crippen MR) is 40.5 cm³/mol. The summed E-state index contributed by atoms with van der Waals surface area (Å²) >= 11 is 2.88. The summed E-state index contributed by atoms with van der Waals surface area (Å²) in [6, 6.07) is 0. The Morgan fingerprint density at radius 2 is 1.67 bits per heavy atom. The first-order valence-electron chi connectivity index (χ1n) is 2.98. The smallest absolute Gasteiger partial charge is 0.265 e. The van der Waals surface area contributed by atoms with E-state index in [0.29, 0.717) is 0 Å². The van der Waals surface area contributed by atoms with E-state index in [1.165, 1.54) is 38.8 Å². The largest absolute Gasteiger partial charge is 0.287 e. The quantitative estimate of drug-likeness (QED) is 0.561. The fourth-order valence-corrected chi connectivity index (χ4v) is 3.47. The Kier molecular flexibility index (Phi) is 1.20. The highest BCUT2D eigenvalue weighted by Gasteiger charge is 2.13. The third-order valence-corrected chi connectivity index (χ3v) is 3.89. The summed E-state index contributed by atoms with van der Waals surface area (Å²) in [7, 11) is 0. The molecule has 0 atom stereocenters. The fourth-order valence-electron chi connectivity index (χ4n) is 1.13. The Bertz CT molecular complexity index is 246. The monoisotopic (exact) mass is 158 g/mol. The molecule has 0 spiro atoms. The molecule has 1 aliphatic carbocycles. The number of aryl methyl sites for hydroxylation is 2. The van der Waals surface area contributed by atoms with Gasteiger partial charge in [-0.25, -0.2) is 0 Å². The number of hydrogen-bond acceptors (Lipinski definition) is 3. The summed E-state index contributed by atoms with van der Waals surface area (Å²) in [6.45, 7) is 0. The number of rotatable bonds is 0. The van der Waals surface area contributed by atoms with Crippen LogP contribution in [0.25, 0.3) is 0 Å². The Balaban J connectivity index is 2.64. The molecule has 48 valence electrons. The molecule has 1 aliphatic rings. The van der Waals surface area contributed by atoms with Gasteiger partial charge in [-0.05, 0) is 19.3 Å². The molecule has 0 saturated carbocycles. The van der Waals surface area contributed by atoms with E-state index in [9.17, 15) is 4.79 Å².